The maximum absolute atomic E-state index is 14.3. The largest absolute Gasteiger partial charge is 0.480 e. The standard InChI is InChI=1S/C34H51N3O6.C18H32N2O3.C16H21NO4/c1-33(2,3)28(30(39)37-20-24-18-13-19-25(24)27(37)31(40)43-34(4,5)6)36-29(38)26(23-16-11-8-12-17-23)35-32(41)42-21-22-14-9-7-10-15-22;1-17(2,3)14(19)15(21)20-10-11-8-7-9-12(11)13(20)16(22)23-18(4,5)6;18-15(19)14(13-9-5-2-6-10-13)17-16(20)21-11-12-7-3-1-4-8-12/h7,9-10,14-15,23-28H,8,11-13,16-21H2,1-6H3,(H,35,41)(H,36,38);11-14H,7-10,19H2,1-6H3;1,3-4,7-8,13-14H,2,5-6,9-11H2,(H,17,20)(H,18,19)/t24-,25-,26-,27-,28+;11-,12-,13-,14+;14-/m000/s1. The first kappa shape index (κ1) is 69.9. The third kappa shape index (κ3) is 20.4. The molecule has 2 aromatic carbocycles. The molecule has 6 N–H and O–H groups in total. The minimum Gasteiger partial charge on any atom is -0.480 e. The summed E-state index contributed by atoms with van der Waals surface area (Å²) in [5.74, 6) is -1.57. The number of alkyl carbamates (subject to hydrolysis) is 2. The van der Waals surface area contributed by atoms with Crippen LogP contribution in [-0.2, 0) is 60.9 Å². The molecule has 0 aromatic heterocycles. The lowest BCUT2D eigenvalue weighted by atomic mass is 9.82. The quantitative estimate of drug-likeness (QED) is 0.0821. The summed E-state index contributed by atoms with van der Waals surface area (Å²) in [6.07, 6.45) is 14.3. The van der Waals surface area contributed by atoms with E-state index in [-0.39, 0.29) is 72.0 Å². The molecule has 2 heterocycles. The van der Waals surface area contributed by atoms with Gasteiger partial charge >= 0.3 is 30.1 Å². The Kier molecular flexibility index (Phi) is 24.7. The molecule has 0 radical (unpaired) electrons. The number of esters is 2. The highest BCUT2D eigenvalue weighted by molar-refractivity contribution is 5.94. The molecule has 2 aliphatic heterocycles. The second-order valence-corrected chi connectivity index (χ2v) is 29.3. The van der Waals surface area contributed by atoms with E-state index in [4.69, 9.17) is 24.7 Å². The fraction of sp³-hybridized carbons (Fsp3) is 0.706. The number of nitrogens with two attached hydrogens (primary N) is 1. The Bertz CT molecular complexity index is 2610. The molecule has 0 bridgehead atoms. The molecule has 2 saturated heterocycles. The predicted octanol–water partition coefficient (Wildman–Crippen LogP) is 10.6. The lowest BCUT2D eigenvalue weighted by molar-refractivity contribution is -0.166. The van der Waals surface area contributed by atoms with Crippen LogP contribution in [0.3, 0.4) is 0 Å². The fourth-order valence-corrected chi connectivity index (χ4v) is 13.5. The summed E-state index contributed by atoms with van der Waals surface area (Å²) in [6, 6.07) is 14.4. The maximum Gasteiger partial charge on any atom is 0.408 e. The van der Waals surface area contributed by atoms with Gasteiger partial charge in [-0.3, -0.25) is 14.4 Å². The topological polar surface area (TPSA) is 262 Å². The summed E-state index contributed by atoms with van der Waals surface area (Å²) in [5.41, 5.74) is 5.70. The Morgan fingerprint density at radius 3 is 1.28 bits per heavy atom. The number of nitrogens with one attached hydrogen (secondary N) is 3. The first-order valence-electron chi connectivity index (χ1n) is 32.1. The summed E-state index contributed by atoms with van der Waals surface area (Å²) in [7, 11) is 0. The zero-order valence-corrected chi connectivity index (χ0v) is 54.2. The van der Waals surface area contributed by atoms with Crippen LogP contribution in [0.2, 0.25) is 0 Å². The van der Waals surface area contributed by atoms with Gasteiger partial charge in [-0.15, -0.1) is 0 Å². The van der Waals surface area contributed by atoms with Gasteiger partial charge in [0.05, 0.1) is 6.04 Å². The number of fused-ring (bicyclic) bond motifs is 2. The molecule has 4 aliphatic carbocycles. The number of hydrogen-bond acceptors (Lipinski definition) is 13. The number of benzene rings is 2. The second-order valence-electron chi connectivity index (χ2n) is 29.3. The average molecular weight is 1210 g/mol. The Morgan fingerprint density at radius 2 is 0.897 bits per heavy atom. The number of hydrogen-bond donors (Lipinski definition) is 5. The minimum atomic E-state index is -0.987. The van der Waals surface area contributed by atoms with Gasteiger partial charge in [0, 0.05) is 13.1 Å². The van der Waals surface area contributed by atoms with Crippen LogP contribution >= 0.6 is 0 Å². The highest BCUT2D eigenvalue weighted by Crippen LogP contribution is 2.45. The van der Waals surface area contributed by atoms with E-state index in [1.165, 1.54) is 0 Å². The van der Waals surface area contributed by atoms with Crippen molar-refractivity contribution in [2.24, 2.45) is 52.1 Å². The van der Waals surface area contributed by atoms with E-state index in [0.717, 1.165) is 114 Å². The van der Waals surface area contributed by atoms with Crippen LogP contribution < -0.4 is 21.7 Å². The molecule has 10 atom stereocenters. The molecule has 0 unspecified atom stereocenters. The molecule has 484 valence electrons. The molecule has 4 saturated carbocycles. The van der Waals surface area contributed by atoms with Crippen molar-refractivity contribution in [1.29, 1.82) is 0 Å². The van der Waals surface area contributed by atoms with Gasteiger partial charge in [0.25, 0.3) is 0 Å². The van der Waals surface area contributed by atoms with Crippen molar-refractivity contribution < 1.29 is 62.4 Å². The first-order chi connectivity index (χ1) is 40.8. The normalized spacial score (nSPS) is 23.7. The smallest absolute Gasteiger partial charge is 0.408 e. The monoisotopic (exact) mass is 1210 g/mol. The Balaban J connectivity index is 0.000000230. The van der Waals surface area contributed by atoms with Crippen molar-refractivity contribution in [2.75, 3.05) is 13.1 Å². The minimum absolute atomic E-state index is 0.000486. The van der Waals surface area contributed by atoms with Crippen molar-refractivity contribution in [2.45, 2.75) is 246 Å². The molecule has 19 heteroatoms. The predicted molar refractivity (Wildman–Crippen MR) is 331 cm³/mol. The third-order valence-corrected chi connectivity index (χ3v) is 18.0. The number of carboxylic acid groups (broad SMARTS) is 1. The molecule has 19 nitrogen and oxygen atoms in total. The highest BCUT2D eigenvalue weighted by Gasteiger charge is 2.54. The van der Waals surface area contributed by atoms with Gasteiger partial charge in [0.15, 0.2) is 0 Å². The third-order valence-electron chi connectivity index (χ3n) is 18.0. The first-order valence-corrected chi connectivity index (χ1v) is 32.1. The van der Waals surface area contributed by atoms with Crippen molar-refractivity contribution in [3.63, 3.8) is 0 Å². The Labute approximate surface area is 517 Å². The number of carbonyl (C=O) groups excluding carboxylic acids is 7. The maximum atomic E-state index is 14.3. The van der Waals surface area contributed by atoms with Gasteiger partial charge in [0.1, 0.15) is 54.6 Å². The number of likely N-dealkylation sites (tertiary alicyclic amines) is 2. The van der Waals surface area contributed by atoms with Gasteiger partial charge in [-0.05, 0) is 150 Å². The summed E-state index contributed by atoms with van der Waals surface area (Å²) >= 11 is 0. The Morgan fingerprint density at radius 1 is 0.506 bits per heavy atom. The average Bonchev–Trinajstić information content (AvgIpc) is 1.68. The molecule has 6 fully saturated rings. The zero-order valence-electron chi connectivity index (χ0n) is 54.2. The van der Waals surface area contributed by atoms with Crippen molar-refractivity contribution in [1.82, 2.24) is 25.8 Å². The van der Waals surface area contributed by atoms with Crippen LogP contribution in [0.5, 0.6) is 0 Å². The van der Waals surface area contributed by atoms with Crippen LogP contribution in [0.15, 0.2) is 60.7 Å². The summed E-state index contributed by atoms with van der Waals surface area (Å²) in [4.78, 5) is 107. The molecular weight excluding hydrogens is 1110 g/mol. The van der Waals surface area contributed by atoms with Gasteiger partial charge in [-0.2, -0.15) is 0 Å². The van der Waals surface area contributed by atoms with Gasteiger partial charge < -0.3 is 55.5 Å². The van der Waals surface area contributed by atoms with Crippen LogP contribution in [-0.4, -0.2) is 123 Å². The van der Waals surface area contributed by atoms with Crippen LogP contribution in [0.1, 0.15) is 197 Å². The van der Waals surface area contributed by atoms with Gasteiger partial charge in [-0.25, -0.2) is 24.0 Å². The van der Waals surface area contributed by atoms with Crippen LogP contribution in [0.4, 0.5) is 9.59 Å². The van der Waals surface area contributed by atoms with E-state index in [1.807, 2.05) is 144 Å². The van der Waals surface area contributed by atoms with E-state index in [2.05, 4.69) is 16.0 Å². The van der Waals surface area contributed by atoms with E-state index in [0.29, 0.717) is 19.0 Å². The van der Waals surface area contributed by atoms with Crippen LogP contribution in [0.25, 0.3) is 0 Å². The van der Waals surface area contributed by atoms with E-state index >= 15 is 0 Å². The summed E-state index contributed by atoms with van der Waals surface area (Å²) < 4.78 is 21.9. The van der Waals surface area contributed by atoms with Crippen molar-refractivity contribution in [3.8, 4) is 0 Å². The second kappa shape index (κ2) is 30.8. The molecule has 2 aromatic rings. The highest BCUT2D eigenvalue weighted by atomic mass is 16.6. The van der Waals surface area contributed by atoms with Crippen LogP contribution in [0, 0.1) is 46.3 Å². The lowest BCUT2D eigenvalue weighted by Crippen LogP contribution is -2.61. The van der Waals surface area contributed by atoms with E-state index < -0.39 is 76.9 Å². The summed E-state index contributed by atoms with van der Waals surface area (Å²) in [6.45, 7) is 24.0. The molecule has 87 heavy (non-hydrogen) atoms. The number of carboxylic acids is 1. The number of nitrogens with zero attached hydrogens (tertiary/aromatic N) is 2. The van der Waals surface area contributed by atoms with Gasteiger partial charge in [0.2, 0.25) is 17.7 Å². The van der Waals surface area contributed by atoms with Crippen molar-refractivity contribution >= 4 is 47.8 Å². The molecular formula is C68H104N6O13. The summed E-state index contributed by atoms with van der Waals surface area (Å²) in [5, 5.41) is 17.7. The van der Waals surface area contributed by atoms with E-state index in [1.54, 1.807) is 9.80 Å². The van der Waals surface area contributed by atoms with E-state index in [9.17, 15) is 43.5 Å². The Hall–Kier alpha value is -6.24. The molecule has 0 spiro atoms. The van der Waals surface area contributed by atoms with Gasteiger partial charge in [-0.1, -0.05) is 154 Å². The SMILES string of the molecule is CC(C)(C)OC(=O)[C@@H]1[C@H]2CCC[C@H]2CN1C(=O)[C@@H](N)C(C)(C)C.CC(C)(C)OC(=O)[C@@H]1[C@H]2CCC[C@H]2CN1C(=O)[C@@H](NC(=O)[C@@H](NC(=O)OCc1ccccc1)C1CCCCC1)C(C)(C)C.O=C(N[C@H](C(=O)O)C1CCCCC1)OCc1ccccc1. The number of aliphatic carboxylic acids is 1. The number of amides is 5. The lowest BCUT2D eigenvalue weighted by Gasteiger charge is -2.38. The van der Waals surface area contributed by atoms with Crippen molar-refractivity contribution in [3.05, 3.63) is 71.8 Å². The number of rotatable bonds is 15. The molecule has 5 amide bonds. The zero-order chi connectivity index (χ0) is 64.0. The molecule has 6 aliphatic rings. The number of carbonyl (C=O) groups is 8. The fourth-order valence-electron chi connectivity index (χ4n) is 13.5. The molecule has 8 rings (SSSR count). The number of ether oxygens (including phenoxy) is 4.